The van der Waals surface area contributed by atoms with Crippen molar-refractivity contribution >= 4 is 5.69 Å². The van der Waals surface area contributed by atoms with Crippen molar-refractivity contribution in [1.82, 2.24) is 9.80 Å². The normalized spacial score (nSPS) is 20.4. The zero-order chi connectivity index (χ0) is 17.5. The van der Waals surface area contributed by atoms with Gasteiger partial charge < -0.3 is 14.9 Å². The van der Waals surface area contributed by atoms with Crippen LogP contribution in [-0.4, -0.2) is 67.3 Å². The maximum atomic E-state index is 8.98. The Hall–Kier alpha value is -1.10. The fourth-order valence-corrected chi connectivity index (χ4v) is 4.24. The molecule has 2 aliphatic rings. The molecule has 2 heterocycles. The molecule has 25 heavy (non-hydrogen) atoms. The van der Waals surface area contributed by atoms with Crippen LogP contribution in [0.15, 0.2) is 24.3 Å². The van der Waals surface area contributed by atoms with Gasteiger partial charge in [0.25, 0.3) is 0 Å². The van der Waals surface area contributed by atoms with E-state index in [9.17, 15) is 0 Å². The van der Waals surface area contributed by atoms with E-state index in [0.717, 1.165) is 19.5 Å². The van der Waals surface area contributed by atoms with Crippen LogP contribution in [0.1, 0.15) is 44.1 Å². The molecule has 3 rings (SSSR count). The molecule has 0 unspecified atom stereocenters. The Morgan fingerprint density at radius 3 is 2.32 bits per heavy atom. The van der Waals surface area contributed by atoms with Crippen LogP contribution in [0.2, 0.25) is 0 Å². The highest BCUT2D eigenvalue weighted by Gasteiger charge is 2.22. The Morgan fingerprint density at radius 1 is 1.00 bits per heavy atom. The fraction of sp³-hybridized carbons (Fsp3) is 0.714. The van der Waals surface area contributed by atoms with Gasteiger partial charge in [0, 0.05) is 44.5 Å². The Morgan fingerprint density at radius 2 is 1.68 bits per heavy atom. The van der Waals surface area contributed by atoms with Crippen molar-refractivity contribution in [2.75, 3.05) is 51.3 Å². The molecule has 140 valence electrons. The standard InChI is InChI=1S/C21H35N3O/c1-22(12-5-17-25)20-10-15-23(16-11-20)18-19-6-8-21(9-7-19)24-13-3-2-4-14-24/h6-9,20,25H,2-5,10-18H2,1H3. The number of likely N-dealkylation sites (tertiary alicyclic amines) is 1. The van der Waals surface area contributed by atoms with Gasteiger partial charge in [-0.25, -0.2) is 0 Å². The van der Waals surface area contributed by atoms with E-state index >= 15 is 0 Å². The van der Waals surface area contributed by atoms with Crippen molar-refractivity contribution in [2.24, 2.45) is 0 Å². The molecule has 0 saturated carbocycles. The molecule has 2 saturated heterocycles. The second-order valence-electron chi connectivity index (χ2n) is 7.78. The van der Waals surface area contributed by atoms with E-state index in [1.165, 1.54) is 69.5 Å². The molecular formula is C21H35N3O. The third-order valence-electron chi connectivity index (χ3n) is 5.91. The summed E-state index contributed by atoms with van der Waals surface area (Å²) in [6.45, 7) is 7.19. The van der Waals surface area contributed by atoms with Gasteiger partial charge in [-0.05, 0) is 76.4 Å². The minimum Gasteiger partial charge on any atom is -0.396 e. The molecule has 4 nitrogen and oxygen atoms in total. The van der Waals surface area contributed by atoms with E-state index in [1.807, 2.05) is 0 Å². The molecule has 1 aromatic carbocycles. The number of aliphatic hydroxyl groups excluding tert-OH is 1. The summed E-state index contributed by atoms with van der Waals surface area (Å²) in [5, 5.41) is 8.98. The van der Waals surface area contributed by atoms with Crippen LogP contribution in [0.25, 0.3) is 0 Å². The molecule has 0 bridgehead atoms. The minimum atomic E-state index is 0.302. The van der Waals surface area contributed by atoms with Gasteiger partial charge in [-0.3, -0.25) is 4.90 Å². The number of aliphatic hydroxyl groups is 1. The number of anilines is 1. The van der Waals surface area contributed by atoms with E-state index < -0.39 is 0 Å². The van der Waals surface area contributed by atoms with Crippen molar-refractivity contribution in [2.45, 2.75) is 51.1 Å². The van der Waals surface area contributed by atoms with E-state index in [2.05, 4.69) is 46.0 Å². The summed E-state index contributed by atoms with van der Waals surface area (Å²) in [6, 6.07) is 9.96. The molecule has 2 fully saturated rings. The monoisotopic (exact) mass is 345 g/mol. The largest absolute Gasteiger partial charge is 0.396 e. The lowest BCUT2D eigenvalue weighted by Crippen LogP contribution is -2.43. The molecule has 1 aromatic rings. The van der Waals surface area contributed by atoms with Gasteiger partial charge in [0.05, 0.1) is 0 Å². The van der Waals surface area contributed by atoms with Gasteiger partial charge >= 0.3 is 0 Å². The Kier molecular flexibility index (Phi) is 7.14. The van der Waals surface area contributed by atoms with Gasteiger partial charge in [-0.15, -0.1) is 0 Å². The van der Waals surface area contributed by atoms with Gasteiger partial charge in [0.15, 0.2) is 0 Å². The Labute approximate surface area is 153 Å². The van der Waals surface area contributed by atoms with Gasteiger partial charge in [0.1, 0.15) is 0 Å². The van der Waals surface area contributed by atoms with Gasteiger partial charge in [0.2, 0.25) is 0 Å². The van der Waals surface area contributed by atoms with Crippen LogP contribution in [0.5, 0.6) is 0 Å². The highest BCUT2D eigenvalue weighted by atomic mass is 16.3. The topological polar surface area (TPSA) is 30.0 Å². The lowest BCUT2D eigenvalue weighted by atomic mass is 10.0. The molecule has 0 atom stereocenters. The predicted molar refractivity (Wildman–Crippen MR) is 105 cm³/mol. The molecule has 0 spiro atoms. The van der Waals surface area contributed by atoms with E-state index in [1.54, 1.807) is 0 Å². The summed E-state index contributed by atoms with van der Waals surface area (Å²) < 4.78 is 0. The van der Waals surface area contributed by atoms with Crippen LogP contribution < -0.4 is 4.90 Å². The summed E-state index contributed by atoms with van der Waals surface area (Å²) in [4.78, 5) is 7.55. The second-order valence-corrected chi connectivity index (χ2v) is 7.78. The lowest BCUT2D eigenvalue weighted by Gasteiger charge is -2.36. The summed E-state index contributed by atoms with van der Waals surface area (Å²) in [6.07, 6.45) is 7.44. The van der Waals surface area contributed by atoms with Gasteiger partial charge in [-0.2, -0.15) is 0 Å². The fourth-order valence-electron chi connectivity index (χ4n) is 4.24. The third-order valence-corrected chi connectivity index (χ3v) is 5.91. The molecule has 4 heteroatoms. The van der Waals surface area contributed by atoms with Crippen molar-refractivity contribution in [3.8, 4) is 0 Å². The molecule has 0 aromatic heterocycles. The number of hydrogen-bond donors (Lipinski definition) is 1. The van der Waals surface area contributed by atoms with E-state index in [4.69, 9.17) is 5.11 Å². The summed E-state index contributed by atoms with van der Waals surface area (Å²) in [5.41, 5.74) is 2.83. The maximum Gasteiger partial charge on any atom is 0.0443 e. The van der Waals surface area contributed by atoms with Crippen molar-refractivity contribution in [3.05, 3.63) is 29.8 Å². The zero-order valence-electron chi connectivity index (χ0n) is 15.9. The molecular weight excluding hydrogens is 310 g/mol. The number of hydrogen-bond acceptors (Lipinski definition) is 4. The Bertz CT molecular complexity index is 490. The second kappa shape index (κ2) is 9.56. The Balaban J connectivity index is 1.44. The van der Waals surface area contributed by atoms with Gasteiger partial charge in [-0.1, -0.05) is 12.1 Å². The van der Waals surface area contributed by atoms with Crippen molar-refractivity contribution in [1.29, 1.82) is 0 Å². The molecule has 0 amide bonds. The number of rotatable bonds is 7. The lowest BCUT2D eigenvalue weighted by molar-refractivity contribution is 0.117. The highest BCUT2D eigenvalue weighted by Crippen LogP contribution is 2.22. The van der Waals surface area contributed by atoms with Crippen molar-refractivity contribution in [3.63, 3.8) is 0 Å². The van der Waals surface area contributed by atoms with Crippen LogP contribution in [0, 0.1) is 0 Å². The highest BCUT2D eigenvalue weighted by molar-refractivity contribution is 5.47. The first kappa shape index (κ1) is 18.7. The van der Waals surface area contributed by atoms with Crippen LogP contribution in [-0.2, 0) is 6.54 Å². The first-order chi connectivity index (χ1) is 12.3. The summed E-state index contributed by atoms with van der Waals surface area (Å²) >= 11 is 0. The zero-order valence-corrected chi connectivity index (χ0v) is 15.9. The van der Waals surface area contributed by atoms with Crippen molar-refractivity contribution < 1.29 is 5.11 Å². The van der Waals surface area contributed by atoms with E-state index in [0.29, 0.717) is 12.6 Å². The van der Waals surface area contributed by atoms with E-state index in [-0.39, 0.29) is 0 Å². The summed E-state index contributed by atoms with van der Waals surface area (Å²) in [7, 11) is 2.20. The minimum absolute atomic E-state index is 0.302. The molecule has 2 aliphatic heterocycles. The average molecular weight is 346 g/mol. The van der Waals surface area contributed by atoms with Crippen LogP contribution in [0.4, 0.5) is 5.69 Å². The molecule has 0 radical (unpaired) electrons. The first-order valence-corrected chi connectivity index (χ1v) is 10.1. The average Bonchev–Trinajstić information content (AvgIpc) is 2.68. The molecule has 1 N–H and O–H groups in total. The summed E-state index contributed by atoms with van der Waals surface area (Å²) in [5.74, 6) is 0. The predicted octanol–water partition coefficient (Wildman–Crippen LogP) is 2.96. The quantitative estimate of drug-likeness (QED) is 0.823. The maximum absolute atomic E-state index is 8.98. The SMILES string of the molecule is CN(CCCO)C1CCN(Cc2ccc(N3CCCCC3)cc2)CC1. The van der Waals surface area contributed by atoms with Crippen LogP contribution in [0.3, 0.4) is 0 Å². The number of piperidine rings is 2. The molecule has 0 aliphatic carbocycles. The first-order valence-electron chi connectivity index (χ1n) is 10.1. The number of nitrogens with zero attached hydrogens (tertiary/aromatic N) is 3. The van der Waals surface area contributed by atoms with Crippen LogP contribution >= 0.6 is 0 Å². The number of benzene rings is 1. The third kappa shape index (κ3) is 5.44. The smallest absolute Gasteiger partial charge is 0.0443 e.